The Balaban J connectivity index is 2.49. The molecule has 5 heteroatoms. The van der Waals surface area contributed by atoms with Crippen molar-refractivity contribution in [1.29, 1.82) is 0 Å². The summed E-state index contributed by atoms with van der Waals surface area (Å²) >= 11 is 0. The predicted molar refractivity (Wildman–Crippen MR) is 86.8 cm³/mol. The van der Waals surface area contributed by atoms with E-state index in [2.05, 4.69) is 0 Å². The zero-order chi connectivity index (χ0) is 17.0. The molecule has 0 atom stereocenters. The van der Waals surface area contributed by atoms with E-state index in [1.807, 2.05) is 30.3 Å². The topological polar surface area (TPSA) is 65.0 Å². The van der Waals surface area contributed by atoms with Gasteiger partial charge in [-0.15, -0.1) is 0 Å². The van der Waals surface area contributed by atoms with E-state index in [0.717, 1.165) is 5.56 Å². The Bertz CT molecular complexity index is 676. The number of hydrogen-bond donors (Lipinski definition) is 1. The van der Waals surface area contributed by atoms with Crippen molar-refractivity contribution in [3.63, 3.8) is 0 Å². The molecular weight excluding hydrogens is 296 g/mol. The van der Waals surface area contributed by atoms with Gasteiger partial charge in [-0.1, -0.05) is 30.3 Å². The summed E-state index contributed by atoms with van der Waals surface area (Å²) in [6.07, 6.45) is 0. The lowest BCUT2D eigenvalue weighted by molar-refractivity contribution is 0.0689. The van der Waals surface area contributed by atoms with Gasteiger partial charge < -0.3 is 19.3 Å². The normalized spacial score (nSPS) is 10.3. The Kier molecular flexibility index (Phi) is 5.11. The minimum absolute atomic E-state index is 0.0112. The van der Waals surface area contributed by atoms with Gasteiger partial charge >= 0.3 is 5.97 Å². The Morgan fingerprint density at radius 2 is 1.48 bits per heavy atom. The van der Waals surface area contributed by atoms with Gasteiger partial charge in [0.15, 0.2) is 0 Å². The summed E-state index contributed by atoms with van der Waals surface area (Å²) in [7, 11) is 2.87. The second kappa shape index (κ2) is 7.05. The summed E-state index contributed by atoms with van der Waals surface area (Å²) < 4.78 is 16.5. The zero-order valence-electron chi connectivity index (χ0n) is 13.7. The molecule has 0 radical (unpaired) electrons. The van der Waals surface area contributed by atoms with Crippen molar-refractivity contribution in [3.05, 3.63) is 52.6 Å². The molecule has 0 heterocycles. The number of rotatable bonds is 6. The molecule has 0 bridgehead atoms. The van der Waals surface area contributed by atoms with Crippen LogP contribution in [0.3, 0.4) is 0 Å². The number of carboxylic acid groups (broad SMARTS) is 1. The number of carboxylic acids is 1. The van der Waals surface area contributed by atoms with Gasteiger partial charge in [0.2, 0.25) is 0 Å². The molecule has 1 N–H and O–H groups in total. The number of hydrogen-bond acceptors (Lipinski definition) is 4. The molecule has 0 aliphatic carbocycles. The minimum Gasteiger partial charge on any atom is -0.495 e. The van der Waals surface area contributed by atoms with E-state index >= 15 is 0 Å². The second-order valence-electron chi connectivity index (χ2n) is 5.10. The van der Waals surface area contributed by atoms with Crippen molar-refractivity contribution >= 4 is 5.97 Å². The summed E-state index contributed by atoms with van der Waals surface area (Å²) in [6, 6.07) is 9.74. The molecule has 5 nitrogen and oxygen atoms in total. The Hall–Kier alpha value is -2.69. The summed E-state index contributed by atoms with van der Waals surface area (Å²) in [6.45, 7) is 3.93. The molecule has 23 heavy (non-hydrogen) atoms. The Morgan fingerprint density at radius 3 is 1.91 bits per heavy atom. The van der Waals surface area contributed by atoms with E-state index in [9.17, 15) is 9.90 Å². The van der Waals surface area contributed by atoms with Crippen molar-refractivity contribution < 1.29 is 24.1 Å². The number of benzene rings is 2. The molecule has 0 spiro atoms. The maximum atomic E-state index is 11.6. The van der Waals surface area contributed by atoms with E-state index in [1.54, 1.807) is 13.8 Å². The lowest BCUT2D eigenvalue weighted by Gasteiger charge is -2.20. The van der Waals surface area contributed by atoms with Crippen LogP contribution < -0.4 is 14.2 Å². The SMILES string of the molecule is COc1c(C)c(OCc2ccccc2)c(C)c(OC)c1C(=O)O. The average Bonchev–Trinajstić information content (AvgIpc) is 2.55. The van der Waals surface area contributed by atoms with Crippen LogP contribution in [0, 0.1) is 13.8 Å². The van der Waals surface area contributed by atoms with Crippen LogP contribution in [0.15, 0.2) is 30.3 Å². The van der Waals surface area contributed by atoms with Crippen LogP contribution in [0.4, 0.5) is 0 Å². The Labute approximate surface area is 135 Å². The first-order valence-electron chi connectivity index (χ1n) is 7.16. The van der Waals surface area contributed by atoms with Crippen LogP contribution in [0.5, 0.6) is 17.2 Å². The lowest BCUT2D eigenvalue weighted by Crippen LogP contribution is -2.09. The molecule has 2 rings (SSSR count). The predicted octanol–water partition coefficient (Wildman–Crippen LogP) is 3.60. The Morgan fingerprint density at radius 1 is 0.957 bits per heavy atom. The fourth-order valence-electron chi connectivity index (χ4n) is 2.62. The summed E-state index contributed by atoms with van der Waals surface area (Å²) in [5.74, 6) is -0.0157. The highest BCUT2D eigenvalue weighted by molar-refractivity contribution is 5.96. The van der Waals surface area contributed by atoms with Crippen molar-refractivity contribution in [1.82, 2.24) is 0 Å². The third-order valence-corrected chi connectivity index (χ3v) is 3.66. The van der Waals surface area contributed by atoms with Gasteiger partial charge in [-0.25, -0.2) is 4.79 Å². The van der Waals surface area contributed by atoms with Gasteiger partial charge in [0.25, 0.3) is 0 Å². The molecule has 0 aliphatic rings. The van der Waals surface area contributed by atoms with Crippen molar-refractivity contribution in [3.8, 4) is 17.2 Å². The van der Waals surface area contributed by atoms with E-state index in [0.29, 0.717) is 23.5 Å². The van der Waals surface area contributed by atoms with Crippen LogP contribution in [-0.4, -0.2) is 25.3 Å². The molecule has 0 unspecified atom stereocenters. The van der Waals surface area contributed by atoms with Crippen LogP contribution in [0.2, 0.25) is 0 Å². The summed E-state index contributed by atoms with van der Waals surface area (Å²) in [4.78, 5) is 11.6. The minimum atomic E-state index is -1.10. The maximum Gasteiger partial charge on any atom is 0.343 e. The molecule has 0 saturated carbocycles. The van der Waals surface area contributed by atoms with Gasteiger partial charge in [-0.05, 0) is 19.4 Å². The van der Waals surface area contributed by atoms with E-state index in [4.69, 9.17) is 14.2 Å². The van der Waals surface area contributed by atoms with Gasteiger partial charge in [0.1, 0.15) is 29.4 Å². The van der Waals surface area contributed by atoms with Gasteiger partial charge in [-0.2, -0.15) is 0 Å². The first-order valence-corrected chi connectivity index (χ1v) is 7.16. The molecule has 0 aliphatic heterocycles. The largest absolute Gasteiger partial charge is 0.495 e. The van der Waals surface area contributed by atoms with Crippen molar-refractivity contribution in [2.75, 3.05) is 14.2 Å². The smallest absolute Gasteiger partial charge is 0.343 e. The average molecular weight is 316 g/mol. The molecule has 122 valence electrons. The quantitative estimate of drug-likeness (QED) is 0.882. The highest BCUT2D eigenvalue weighted by atomic mass is 16.5. The first-order chi connectivity index (χ1) is 11.0. The highest BCUT2D eigenvalue weighted by Crippen LogP contribution is 2.42. The molecule has 0 fully saturated rings. The van der Waals surface area contributed by atoms with E-state index in [1.165, 1.54) is 14.2 Å². The van der Waals surface area contributed by atoms with Crippen LogP contribution >= 0.6 is 0 Å². The summed E-state index contributed by atoms with van der Waals surface area (Å²) in [5.41, 5.74) is 2.31. The lowest BCUT2D eigenvalue weighted by atomic mass is 10.0. The monoisotopic (exact) mass is 316 g/mol. The number of ether oxygens (including phenoxy) is 3. The van der Waals surface area contributed by atoms with Crippen LogP contribution in [-0.2, 0) is 6.61 Å². The third-order valence-electron chi connectivity index (χ3n) is 3.66. The molecular formula is C18H20O5. The molecule has 2 aromatic rings. The number of aromatic carboxylic acids is 1. The third kappa shape index (κ3) is 3.23. The maximum absolute atomic E-state index is 11.6. The number of methoxy groups -OCH3 is 2. The molecule has 0 aromatic heterocycles. The fourth-order valence-corrected chi connectivity index (χ4v) is 2.62. The molecule has 2 aromatic carbocycles. The second-order valence-corrected chi connectivity index (χ2v) is 5.10. The summed E-state index contributed by atoms with van der Waals surface area (Å²) in [5, 5.41) is 9.46. The fraction of sp³-hybridized carbons (Fsp3) is 0.278. The van der Waals surface area contributed by atoms with Crippen LogP contribution in [0.1, 0.15) is 27.0 Å². The number of carbonyl (C=O) groups is 1. The highest BCUT2D eigenvalue weighted by Gasteiger charge is 2.26. The van der Waals surface area contributed by atoms with Gasteiger partial charge in [0, 0.05) is 11.1 Å². The van der Waals surface area contributed by atoms with E-state index in [-0.39, 0.29) is 17.1 Å². The van der Waals surface area contributed by atoms with Gasteiger partial charge in [0.05, 0.1) is 14.2 Å². The van der Waals surface area contributed by atoms with E-state index < -0.39 is 5.97 Å². The first kappa shape index (κ1) is 16.7. The molecule has 0 saturated heterocycles. The van der Waals surface area contributed by atoms with Crippen molar-refractivity contribution in [2.45, 2.75) is 20.5 Å². The van der Waals surface area contributed by atoms with Crippen molar-refractivity contribution in [2.24, 2.45) is 0 Å². The zero-order valence-corrected chi connectivity index (χ0v) is 13.7. The molecule has 0 amide bonds. The standard InChI is InChI=1S/C18H20O5/c1-11-15(23-10-13-8-6-5-7-9-13)12(2)17(22-4)14(18(19)20)16(11)21-3/h5-9H,10H2,1-4H3,(H,19,20). The van der Waals surface area contributed by atoms with Crippen LogP contribution in [0.25, 0.3) is 0 Å². The van der Waals surface area contributed by atoms with Gasteiger partial charge in [-0.3, -0.25) is 0 Å².